The standard InChI is InChI=1S/C84H161NO10/c1-3-5-7-9-11-13-15-16-17-41-45-48-52-56-60-64-68-72-80(89)93-73-69-65-61-57-53-49-46-43-40-38-36-34-32-30-28-26-24-22-20-18-19-21-23-25-27-29-31-33-35-37-39-42-44-47-51-55-59-63-67-71-79(88)85-76(75-94-84-83(92)82(91)81(90)78(74-86)95-84)77(87)70-66-62-58-54-50-14-12-10-8-6-4-2/h16-17,66,70,76-78,81-84,86-87,90-92H,3-15,18-65,67-69,71-75H2,1-2H3,(H,85,88)/b17-16-,70-66+. The molecule has 11 heteroatoms. The SMILES string of the molecule is CCCCCCCC/C=C\CCCCCCCCCC(=O)OCCCCCCCCCCCCCCCCCCCCCCCCCCCCCCCCCCCCCCCCCC(=O)NC(COC1OC(CO)C(O)C(O)C1O)C(O)/C=C/CCCCCCCCCCC. The lowest BCUT2D eigenvalue weighted by molar-refractivity contribution is -0.302. The van der Waals surface area contributed by atoms with Gasteiger partial charge in [0.25, 0.3) is 0 Å². The number of rotatable bonds is 76. The van der Waals surface area contributed by atoms with Gasteiger partial charge in [-0.3, -0.25) is 9.59 Å². The molecule has 1 aliphatic heterocycles. The second kappa shape index (κ2) is 73.4. The summed E-state index contributed by atoms with van der Waals surface area (Å²) >= 11 is 0. The molecule has 0 spiro atoms. The predicted molar refractivity (Wildman–Crippen MR) is 403 cm³/mol. The number of nitrogens with one attached hydrogen (secondary N) is 1. The van der Waals surface area contributed by atoms with Crippen LogP contribution in [-0.4, -0.2) is 100 Å². The highest BCUT2D eigenvalue weighted by Crippen LogP contribution is 2.24. The molecule has 7 unspecified atom stereocenters. The van der Waals surface area contributed by atoms with E-state index >= 15 is 0 Å². The maximum absolute atomic E-state index is 13.1. The molecule has 0 aliphatic carbocycles. The summed E-state index contributed by atoms with van der Waals surface area (Å²) in [6.07, 6.45) is 85.3. The highest BCUT2D eigenvalue weighted by Gasteiger charge is 2.44. The van der Waals surface area contributed by atoms with Crippen LogP contribution in [0.2, 0.25) is 0 Å². The summed E-state index contributed by atoms with van der Waals surface area (Å²) < 4.78 is 16.8. The third-order valence-corrected chi connectivity index (χ3v) is 20.3. The summed E-state index contributed by atoms with van der Waals surface area (Å²) in [4.78, 5) is 25.2. The highest BCUT2D eigenvalue weighted by atomic mass is 16.7. The Morgan fingerprint density at radius 3 is 1.01 bits per heavy atom. The van der Waals surface area contributed by atoms with E-state index in [1.54, 1.807) is 6.08 Å². The first-order valence-electron chi connectivity index (χ1n) is 42.1. The van der Waals surface area contributed by atoms with Gasteiger partial charge in [0.15, 0.2) is 6.29 Å². The van der Waals surface area contributed by atoms with Crippen molar-refractivity contribution in [3.8, 4) is 0 Å². The van der Waals surface area contributed by atoms with E-state index in [4.69, 9.17) is 14.2 Å². The number of carbonyl (C=O) groups excluding carboxylic acids is 2. The molecule has 11 nitrogen and oxygen atoms in total. The number of carbonyl (C=O) groups is 2. The number of aliphatic hydroxyl groups is 5. The summed E-state index contributed by atoms with van der Waals surface area (Å²) in [6, 6.07) is -0.804. The Kier molecular flexibility index (Phi) is 70.4. The van der Waals surface area contributed by atoms with E-state index in [0.717, 1.165) is 57.8 Å². The Balaban J connectivity index is 1.83. The molecule has 0 aromatic carbocycles. The van der Waals surface area contributed by atoms with Crippen LogP contribution in [-0.2, 0) is 23.8 Å². The van der Waals surface area contributed by atoms with Gasteiger partial charge in [0.2, 0.25) is 5.91 Å². The van der Waals surface area contributed by atoms with E-state index in [1.807, 2.05) is 6.08 Å². The van der Waals surface area contributed by atoms with Gasteiger partial charge in [-0.1, -0.05) is 391 Å². The van der Waals surface area contributed by atoms with E-state index in [9.17, 15) is 35.1 Å². The first-order chi connectivity index (χ1) is 46.7. The average molecular weight is 1350 g/mol. The van der Waals surface area contributed by atoms with Crippen LogP contribution >= 0.6 is 0 Å². The molecule has 1 fully saturated rings. The van der Waals surface area contributed by atoms with Crippen molar-refractivity contribution in [1.29, 1.82) is 0 Å². The van der Waals surface area contributed by atoms with Crippen LogP contribution < -0.4 is 5.32 Å². The normalized spacial score (nSPS) is 17.4. The Morgan fingerprint density at radius 1 is 0.379 bits per heavy atom. The van der Waals surface area contributed by atoms with Crippen molar-refractivity contribution in [3.63, 3.8) is 0 Å². The molecule has 6 N–H and O–H groups in total. The van der Waals surface area contributed by atoms with Gasteiger partial charge in [-0.15, -0.1) is 0 Å². The molecular weight excluding hydrogens is 1180 g/mol. The van der Waals surface area contributed by atoms with Gasteiger partial charge in [0.1, 0.15) is 24.4 Å². The van der Waals surface area contributed by atoms with E-state index in [1.165, 1.54) is 353 Å². The first kappa shape index (κ1) is 91.2. The number of ether oxygens (including phenoxy) is 3. The molecular formula is C84H161NO10. The maximum atomic E-state index is 13.1. The molecule has 1 rings (SSSR count). The molecule has 1 heterocycles. The lowest BCUT2D eigenvalue weighted by atomic mass is 9.99. The third-order valence-electron chi connectivity index (χ3n) is 20.3. The van der Waals surface area contributed by atoms with Crippen LogP contribution in [0, 0.1) is 0 Å². The lowest BCUT2D eigenvalue weighted by Crippen LogP contribution is -2.60. The van der Waals surface area contributed by atoms with Crippen LogP contribution in [0.25, 0.3) is 0 Å². The van der Waals surface area contributed by atoms with Crippen molar-refractivity contribution in [2.45, 2.75) is 480 Å². The molecule has 1 amide bonds. The molecule has 0 aromatic heterocycles. The number of allylic oxidation sites excluding steroid dienone is 3. The fraction of sp³-hybridized carbons (Fsp3) is 0.929. The van der Waals surface area contributed by atoms with Crippen molar-refractivity contribution >= 4 is 11.9 Å². The highest BCUT2D eigenvalue weighted by molar-refractivity contribution is 5.76. The first-order valence-corrected chi connectivity index (χ1v) is 42.1. The molecule has 1 saturated heterocycles. The van der Waals surface area contributed by atoms with Gasteiger partial charge in [0, 0.05) is 12.8 Å². The molecule has 1 aliphatic rings. The van der Waals surface area contributed by atoms with Crippen molar-refractivity contribution < 1.29 is 49.3 Å². The molecule has 0 radical (unpaired) electrons. The predicted octanol–water partition coefficient (Wildman–Crippen LogP) is 23.1. The van der Waals surface area contributed by atoms with Crippen LogP contribution in [0.3, 0.4) is 0 Å². The van der Waals surface area contributed by atoms with Crippen LogP contribution in [0.1, 0.15) is 438 Å². The molecule has 0 bridgehead atoms. The van der Waals surface area contributed by atoms with E-state index < -0.39 is 49.5 Å². The van der Waals surface area contributed by atoms with E-state index in [0.29, 0.717) is 19.4 Å². The molecule has 7 atom stereocenters. The second-order valence-electron chi connectivity index (χ2n) is 29.5. The summed E-state index contributed by atoms with van der Waals surface area (Å²) in [5.41, 5.74) is 0. The fourth-order valence-corrected chi connectivity index (χ4v) is 13.7. The summed E-state index contributed by atoms with van der Waals surface area (Å²) in [5, 5.41) is 54.5. The molecule has 0 saturated carbocycles. The smallest absolute Gasteiger partial charge is 0.305 e. The van der Waals surface area contributed by atoms with Gasteiger partial charge in [-0.25, -0.2) is 0 Å². The Bertz CT molecular complexity index is 1630. The molecule has 0 aromatic rings. The lowest BCUT2D eigenvalue weighted by Gasteiger charge is -2.40. The van der Waals surface area contributed by atoms with Gasteiger partial charge >= 0.3 is 5.97 Å². The summed E-state index contributed by atoms with van der Waals surface area (Å²) in [5.74, 6) is -0.158. The zero-order valence-corrected chi connectivity index (χ0v) is 62.9. The molecule has 562 valence electrons. The van der Waals surface area contributed by atoms with Crippen molar-refractivity contribution in [1.82, 2.24) is 5.32 Å². The van der Waals surface area contributed by atoms with Gasteiger partial charge in [-0.05, 0) is 57.8 Å². The summed E-state index contributed by atoms with van der Waals surface area (Å²) in [6.45, 7) is 4.39. The van der Waals surface area contributed by atoms with Gasteiger partial charge < -0.3 is 45.1 Å². The third kappa shape index (κ3) is 61.7. The van der Waals surface area contributed by atoms with Crippen LogP contribution in [0.5, 0.6) is 0 Å². The quantitative estimate of drug-likeness (QED) is 0.0195. The number of hydrogen-bond donors (Lipinski definition) is 6. The summed E-state index contributed by atoms with van der Waals surface area (Å²) in [7, 11) is 0. The van der Waals surface area contributed by atoms with Crippen LogP contribution in [0.4, 0.5) is 0 Å². The largest absolute Gasteiger partial charge is 0.466 e. The monoisotopic (exact) mass is 1340 g/mol. The number of amides is 1. The number of hydrogen-bond acceptors (Lipinski definition) is 10. The van der Waals surface area contributed by atoms with E-state index in [-0.39, 0.29) is 18.5 Å². The topological polar surface area (TPSA) is 175 Å². The minimum absolute atomic E-state index is 0.0160. The Morgan fingerprint density at radius 2 is 0.674 bits per heavy atom. The number of aliphatic hydroxyl groups excluding tert-OH is 5. The minimum atomic E-state index is -1.57. The zero-order valence-electron chi connectivity index (χ0n) is 62.9. The van der Waals surface area contributed by atoms with E-state index in [2.05, 4.69) is 31.3 Å². The van der Waals surface area contributed by atoms with Crippen molar-refractivity contribution in [2.75, 3.05) is 19.8 Å². The van der Waals surface area contributed by atoms with Gasteiger partial charge in [-0.2, -0.15) is 0 Å². The van der Waals surface area contributed by atoms with Crippen molar-refractivity contribution in [2.24, 2.45) is 0 Å². The number of esters is 1. The fourth-order valence-electron chi connectivity index (χ4n) is 13.7. The minimum Gasteiger partial charge on any atom is -0.466 e. The Labute approximate surface area is 588 Å². The maximum Gasteiger partial charge on any atom is 0.305 e. The van der Waals surface area contributed by atoms with Crippen LogP contribution in [0.15, 0.2) is 24.3 Å². The average Bonchev–Trinajstić information content (AvgIpc) is 0.846. The zero-order chi connectivity index (χ0) is 68.6. The Hall–Kier alpha value is -1.86. The number of unbranched alkanes of at least 4 members (excludes halogenated alkanes) is 60. The van der Waals surface area contributed by atoms with Gasteiger partial charge in [0.05, 0.1) is 32.0 Å². The second-order valence-corrected chi connectivity index (χ2v) is 29.5. The van der Waals surface area contributed by atoms with Crippen molar-refractivity contribution in [3.05, 3.63) is 24.3 Å². The molecule has 95 heavy (non-hydrogen) atoms.